The maximum absolute atomic E-state index is 10.9. The summed E-state index contributed by atoms with van der Waals surface area (Å²) >= 11 is 0. The Morgan fingerprint density at radius 3 is 2.71 bits per heavy atom. The molecule has 0 spiro atoms. The molecule has 0 amide bonds. The predicted octanol–water partition coefficient (Wildman–Crippen LogP) is 2.64. The van der Waals surface area contributed by atoms with Gasteiger partial charge in [-0.05, 0) is 38.0 Å². The zero-order valence-corrected chi connectivity index (χ0v) is 10.7. The van der Waals surface area contributed by atoms with Crippen LogP contribution in [0.3, 0.4) is 0 Å². The lowest BCUT2D eigenvalue weighted by Gasteiger charge is -2.44. The predicted molar refractivity (Wildman–Crippen MR) is 65.3 cm³/mol. The van der Waals surface area contributed by atoms with Gasteiger partial charge in [-0.25, -0.2) is 0 Å². The average molecular weight is 237 g/mol. The topological polar surface area (TPSA) is 53.2 Å². The molecule has 3 unspecified atom stereocenters. The highest BCUT2D eigenvalue weighted by Gasteiger charge is 2.51. The Morgan fingerprint density at radius 2 is 2.06 bits per heavy atom. The van der Waals surface area contributed by atoms with Gasteiger partial charge in [0.05, 0.1) is 18.3 Å². The molecule has 1 aliphatic carbocycles. The molecule has 1 saturated carbocycles. The smallest absolute Gasteiger partial charge is 0.109 e. The monoisotopic (exact) mass is 237 g/mol. The Morgan fingerprint density at radius 1 is 1.24 bits per heavy atom. The van der Waals surface area contributed by atoms with Crippen molar-refractivity contribution in [2.75, 3.05) is 13.2 Å². The van der Waals surface area contributed by atoms with E-state index < -0.39 is 11.0 Å². The Bertz CT molecular complexity index is 304. The second-order valence-electron chi connectivity index (χ2n) is 5.92. The number of rotatable bonds is 1. The van der Waals surface area contributed by atoms with Crippen molar-refractivity contribution >= 4 is 0 Å². The molecule has 1 saturated heterocycles. The minimum absolute atomic E-state index is 0.411. The van der Waals surface area contributed by atoms with E-state index in [1.807, 2.05) is 0 Å². The van der Waals surface area contributed by atoms with Crippen LogP contribution in [0, 0.1) is 22.7 Å². The first kappa shape index (κ1) is 12.9. The zero-order valence-electron chi connectivity index (χ0n) is 10.7. The van der Waals surface area contributed by atoms with Gasteiger partial charge in [0, 0.05) is 6.61 Å². The number of ether oxygens (including phenoxy) is 1. The van der Waals surface area contributed by atoms with Crippen LogP contribution >= 0.6 is 0 Å². The van der Waals surface area contributed by atoms with Crippen molar-refractivity contribution in [3.05, 3.63) is 0 Å². The maximum atomic E-state index is 10.9. The van der Waals surface area contributed by atoms with E-state index in [0.717, 1.165) is 45.1 Å². The Kier molecular flexibility index (Phi) is 3.75. The SMILES string of the molecule is CC1CCCC(O)(C2(C#N)CCCOC2)CC1. The number of aliphatic hydroxyl groups is 1. The minimum Gasteiger partial charge on any atom is -0.388 e. The third-order valence-corrected chi connectivity index (χ3v) is 4.68. The summed E-state index contributed by atoms with van der Waals surface area (Å²) in [5.41, 5.74) is -1.48. The number of hydrogen-bond donors (Lipinski definition) is 1. The van der Waals surface area contributed by atoms with E-state index >= 15 is 0 Å². The lowest BCUT2D eigenvalue weighted by atomic mass is 9.66. The molecule has 3 atom stereocenters. The molecule has 0 aromatic rings. The maximum Gasteiger partial charge on any atom is 0.109 e. The van der Waals surface area contributed by atoms with E-state index in [-0.39, 0.29) is 0 Å². The largest absolute Gasteiger partial charge is 0.388 e. The van der Waals surface area contributed by atoms with Crippen molar-refractivity contribution in [1.82, 2.24) is 0 Å². The van der Waals surface area contributed by atoms with Gasteiger partial charge in [0.2, 0.25) is 0 Å². The van der Waals surface area contributed by atoms with Crippen molar-refractivity contribution in [2.24, 2.45) is 11.3 Å². The Labute approximate surface area is 104 Å². The van der Waals surface area contributed by atoms with Gasteiger partial charge in [-0.2, -0.15) is 5.26 Å². The van der Waals surface area contributed by atoms with Gasteiger partial charge in [0.15, 0.2) is 0 Å². The van der Waals surface area contributed by atoms with Gasteiger partial charge in [-0.15, -0.1) is 0 Å². The van der Waals surface area contributed by atoms with Gasteiger partial charge in [0.25, 0.3) is 0 Å². The quantitative estimate of drug-likeness (QED) is 0.713. The van der Waals surface area contributed by atoms with Crippen LogP contribution in [-0.2, 0) is 4.74 Å². The normalized spacial score (nSPS) is 43.7. The average Bonchev–Trinajstić information content (AvgIpc) is 2.53. The summed E-state index contributed by atoms with van der Waals surface area (Å²) in [4.78, 5) is 0. The van der Waals surface area contributed by atoms with Crippen molar-refractivity contribution in [1.29, 1.82) is 5.26 Å². The van der Waals surface area contributed by atoms with E-state index in [9.17, 15) is 10.4 Å². The first-order valence-electron chi connectivity index (χ1n) is 6.83. The molecule has 1 N–H and O–H groups in total. The van der Waals surface area contributed by atoms with Crippen molar-refractivity contribution in [3.8, 4) is 6.07 Å². The molecule has 2 aliphatic rings. The van der Waals surface area contributed by atoms with E-state index in [1.54, 1.807) is 0 Å². The van der Waals surface area contributed by atoms with E-state index in [1.165, 1.54) is 6.42 Å². The van der Waals surface area contributed by atoms with Crippen molar-refractivity contribution in [3.63, 3.8) is 0 Å². The lowest BCUT2D eigenvalue weighted by Crippen LogP contribution is -2.52. The molecular weight excluding hydrogens is 214 g/mol. The third kappa shape index (κ3) is 2.34. The molecule has 1 heterocycles. The van der Waals surface area contributed by atoms with Gasteiger partial charge >= 0.3 is 0 Å². The molecule has 3 heteroatoms. The third-order valence-electron chi connectivity index (χ3n) is 4.68. The molecule has 96 valence electrons. The Balaban J connectivity index is 2.19. The van der Waals surface area contributed by atoms with Crippen LogP contribution in [0.25, 0.3) is 0 Å². The van der Waals surface area contributed by atoms with Gasteiger partial charge in [-0.1, -0.05) is 19.8 Å². The highest BCUT2D eigenvalue weighted by Crippen LogP contribution is 2.46. The van der Waals surface area contributed by atoms with E-state index in [4.69, 9.17) is 4.74 Å². The van der Waals surface area contributed by atoms with Crippen molar-refractivity contribution in [2.45, 2.75) is 57.5 Å². The summed E-state index contributed by atoms with van der Waals surface area (Å²) < 4.78 is 5.48. The van der Waals surface area contributed by atoms with Gasteiger partial charge in [0.1, 0.15) is 5.41 Å². The summed E-state index contributed by atoms with van der Waals surface area (Å²) in [5.74, 6) is 0.671. The summed E-state index contributed by atoms with van der Waals surface area (Å²) in [6, 6.07) is 2.40. The fourth-order valence-corrected chi connectivity index (χ4v) is 3.33. The first-order valence-corrected chi connectivity index (χ1v) is 6.83. The molecule has 3 nitrogen and oxygen atoms in total. The highest BCUT2D eigenvalue weighted by atomic mass is 16.5. The molecule has 2 rings (SSSR count). The fourth-order valence-electron chi connectivity index (χ4n) is 3.33. The van der Waals surface area contributed by atoms with Crippen LogP contribution in [0.5, 0.6) is 0 Å². The second kappa shape index (κ2) is 4.96. The zero-order chi connectivity index (χ0) is 12.4. The lowest BCUT2D eigenvalue weighted by molar-refractivity contribution is -0.126. The molecule has 0 aromatic carbocycles. The molecule has 0 radical (unpaired) electrons. The van der Waals surface area contributed by atoms with Gasteiger partial charge in [-0.3, -0.25) is 0 Å². The van der Waals surface area contributed by atoms with Crippen LogP contribution in [0.4, 0.5) is 0 Å². The fraction of sp³-hybridized carbons (Fsp3) is 0.929. The van der Waals surface area contributed by atoms with Crippen LogP contribution in [0.2, 0.25) is 0 Å². The Hall–Kier alpha value is -0.590. The molecular formula is C14H23NO2. The number of hydrogen-bond acceptors (Lipinski definition) is 3. The molecule has 2 fully saturated rings. The van der Waals surface area contributed by atoms with E-state index in [0.29, 0.717) is 12.5 Å². The van der Waals surface area contributed by atoms with Crippen LogP contribution in [0.15, 0.2) is 0 Å². The van der Waals surface area contributed by atoms with E-state index in [2.05, 4.69) is 13.0 Å². The molecule has 17 heavy (non-hydrogen) atoms. The summed E-state index contributed by atoms with van der Waals surface area (Å²) in [6.07, 6.45) is 6.42. The molecule has 0 bridgehead atoms. The van der Waals surface area contributed by atoms with Crippen molar-refractivity contribution < 1.29 is 9.84 Å². The number of nitriles is 1. The standard InChI is InChI=1S/C14H23NO2/c1-12-4-2-7-14(16,8-5-12)13(10-15)6-3-9-17-11-13/h12,16H,2-9,11H2,1H3. The van der Waals surface area contributed by atoms with Crippen LogP contribution < -0.4 is 0 Å². The molecule has 1 aliphatic heterocycles. The first-order chi connectivity index (χ1) is 8.12. The van der Waals surface area contributed by atoms with Crippen LogP contribution in [0.1, 0.15) is 51.9 Å². The summed E-state index contributed by atoms with van der Waals surface area (Å²) in [7, 11) is 0. The van der Waals surface area contributed by atoms with Crippen LogP contribution in [-0.4, -0.2) is 23.9 Å². The second-order valence-corrected chi connectivity index (χ2v) is 5.92. The van der Waals surface area contributed by atoms with Gasteiger partial charge < -0.3 is 9.84 Å². The summed E-state index contributed by atoms with van der Waals surface area (Å²) in [5, 5.41) is 20.5. The molecule has 0 aromatic heterocycles. The number of nitrogens with zero attached hydrogens (tertiary/aromatic N) is 1. The minimum atomic E-state index is -0.826. The highest BCUT2D eigenvalue weighted by molar-refractivity contribution is 5.13. The summed E-state index contributed by atoms with van der Waals surface area (Å²) in [6.45, 7) is 3.38.